The largest absolute Gasteiger partial charge is 0.351 e. The Balaban J connectivity index is 2.00. The number of amides is 1. The van der Waals surface area contributed by atoms with Crippen molar-refractivity contribution < 1.29 is 4.79 Å². The zero-order valence-electron chi connectivity index (χ0n) is 13.4. The van der Waals surface area contributed by atoms with Gasteiger partial charge in [0.05, 0.1) is 3.79 Å². The Bertz CT molecular complexity index is 676. The molecule has 0 saturated carbocycles. The van der Waals surface area contributed by atoms with Crippen LogP contribution in [0.3, 0.4) is 0 Å². The van der Waals surface area contributed by atoms with E-state index >= 15 is 0 Å². The van der Waals surface area contributed by atoms with Gasteiger partial charge >= 0.3 is 0 Å². The minimum atomic E-state index is -0.197. The number of hydrogen-bond acceptors (Lipinski definition) is 6. The molecule has 2 heterocycles. The van der Waals surface area contributed by atoms with Crippen molar-refractivity contribution in [1.82, 2.24) is 15.0 Å². The number of hydrogen-bond donors (Lipinski definition) is 2. The average Bonchev–Trinajstić information content (AvgIpc) is 2.87. The van der Waals surface area contributed by atoms with Crippen molar-refractivity contribution in [1.29, 1.82) is 0 Å². The van der Waals surface area contributed by atoms with Gasteiger partial charge in [0.25, 0.3) is 0 Å². The Morgan fingerprint density at radius 3 is 2.65 bits per heavy atom. The number of aromatic nitrogens is 3. The number of carbonyl (C=O) groups is 1. The lowest BCUT2D eigenvalue weighted by atomic mass is 10.1. The molecule has 124 valence electrons. The highest BCUT2D eigenvalue weighted by atomic mass is 79.9. The summed E-state index contributed by atoms with van der Waals surface area (Å²) >= 11 is 5.25. The molecule has 2 N–H and O–H groups in total. The van der Waals surface area contributed by atoms with Crippen LogP contribution >= 0.6 is 27.3 Å². The molecule has 0 bridgehead atoms. The lowest BCUT2D eigenvalue weighted by molar-refractivity contribution is -0.114. The molecule has 2 aromatic heterocycles. The summed E-state index contributed by atoms with van der Waals surface area (Å²) in [6.07, 6.45) is 2.96. The topological polar surface area (TPSA) is 79.8 Å². The van der Waals surface area contributed by atoms with Gasteiger partial charge in [-0.25, -0.2) is 0 Å². The molecule has 2 aromatic rings. The average molecular weight is 398 g/mol. The van der Waals surface area contributed by atoms with Gasteiger partial charge in [-0.1, -0.05) is 6.92 Å². The second-order valence-corrected chi connectivity index (χ2v) is 7.75. The Morgan fingerprint density at radius 2 is 2.04 bits per heavy atom. The van der Waals surface area contributed by atoms with E-state index in [1.807, 2.05) is 0 Å². The summed E-state index contributed by atoms with van der Waals surface area (Å²) < 4.78 is 1.15. The van der Waals surface area contributed by atoms with Crippen molar-refractivity contribution in [2.75, 3.05) is 10.6 Å². The molecule has 0 aliphatic carbocycles. The van der Waals surface area contributed by atoms with E-state index in [2.05, 4.69) is 60.6 Å². The summed E-state index contributed by atoms with van der Waals surface area (Å²) in [7, 11) is 0. The highest BCUT2D eigenvalue weighted by molar-refractivity contribution is 9.11. The summed E-state index contributed by atoms with van der Waals surface area (Å²) in [4.78, 5) is 25.1. The van der Waals surface area contributed by atoms with Crippen LogP contribution < -0.4 is 10.6 Å². The molecule has 0 aromatic carbocycles. The molecule has 1 amide bonds. The van der Waals surface area contributed by atoms with E-state index in [0.717, 1.165) is 23.0 Å². The van der Waals surface area contributed by atoms with Gasteiger partial charge in [-0.05, 0) is 54.2 Å². The summed E-state index contributed by atoms with van der Waals surface area (Å²) in [6.45, 7) is 5.34. The number of aryl methyl sites for hydroxylation is 2. The lowest BCUT2D eigenvalue weighted by Gasteiger charge is -2.17. The summed E-state index contributed by atoms with van der Waals surface area (Å²) in [5.74, 6) is 1.16. The standard InChI is InChI=1S/C15H20BrN5OS/c1-4-11(5-6-12-7-8-13(16)23-12)20-15-18-9(2)17-14(21-15)19-10(3)22/h7-8,11H,4-6H2,1-3H3,(H2,17,18,19,20,21,22). The minimum Gasteiger partial charge on any atom is -0.351 e. The molecule has 0 aliphatic heterocycles. The van der Waals surface area contributed by atoms with Crippen LogP contribution in [0.25, 0.3) is 0 Å². The van der Waals surface area contributed by atoms with E-state index < -0.39 is 0 Å². The second kappa shape index (κ2) is 8.35. The normalized spacial score (nSPS) is 12.0. The van der Waals surface area contributed by atoms with E-state index in [-0.39, 0.29) is 17.9 Å². The van der Waals surface area contributed by atoms with Crippen LogP contribution in [0.15, 0.2) is 15.9 Å². The van der Waals surface area contributed by atoms with Crippen molar-refractivity contribution in [2.45, 2.75) is 46.1 Å². The number of rotatable bonds is 7. The van der Waals surface area contributed by atoms with Crippen LogP contribution in [0, 0.1) is 6.92 Å². The monoisotopic (exact) mass is 397 g/mol. The second-order valence-electron chi connectivity index (χ2n) is 5.21. The van der Waals surface area contributed by atoms with Crippen LogP contribution in [0.5, 0.6) is 0 Å². The first-order valence-corrected chi connectivity index (χ1v) is 9.08. The Labute approximate surface area is 148 Å². The molecule has 0 fully saturated rings. The first-order valence-electron chi connectivity index (χ1n) is 7.47. The highest BCUT2D eigenvalue weighted by Crippen LogP contribution is 2.24. The molecule has 8 heteroatoms. The van der Waals surface area contributed by atoms with Gasteiger partial charge in [0.2, 0.25) is 17.8 Å². The first-order chi connectivity index (χ1) is 11.0. The smallest absolute Gasteiger partial charge is 0.234 e. The highest BCUT2D eigenvalue weighted by Gasteiger charge is 2.11. The van der Waals surface area contributed by atoms with Crippen molar-refractivity contribution in [2.24, 2.45) is 0 Å². The molecule has 1 atom stereocenters. The summed E-state index contributed by atoms with van der Waals surface area (Å²) in [6, 6.07) is 4.48. The van der Waals surface area contributed by atoms with Crippen LogP contribution in [-0.2, 0) is 11.2 Å². The maximum absolute atomic E-state index is 11.1. The third-order valence-electron chi connectivity index (χ3n) is 3.23. The molecule has 0 aliphatic rings. The minimum absolute atomic E-state index is 0.197. The van der Waals surface area contributed by atoms with Crippen molar-refractivity contribution in [3.63, 3.8) is 0 Å². The first kappa shape index (κ1) is 17.8. The van der Waals surface area contributed by atoms with Crippen molar-refractivity contribution in [3.8, 4) is 0 Å². The van der Waals surface area contributed by atoms with E-state index in [9.17, 15) is 4.79 Å². The number of carbonyl (C=O) groups excluding carboxylic acids is 1. The van der Waals surface area contributed by atoms with E-state index in [1.54, 1.807) is 18.3 Å². The van der Waals surface area contributed by atoms with Gasteiger partial charge in [0.15, 0.2) is 0 Å². The third kappa shape index (κ3) is 5.87. The molecule has 2 rings (SSSR count). The molecule has 6 nitrogen and oxygen atoms in total. The van der Waals surface area contributed by atoms with Crippen LogP contribution in [0.2, 0.25) is 0 Å². The van der Waals surface area contributed by atoms with Gasteiger partial charge in [-0.2, -0.15) is 15.0 Å². The SMILES string of the molecule is CCC(CCc1ccc(Br)s1)Nc1nc(C)nc(NC(C)=O)n1. The number of nitrogens with one attached hydrogen (secondary N) is 2. The number of anilines is 2. The fraction of sp³-hybridized carbons (Fsp3) is 0.467. The quantitative estimate of drug-likeness (QED) is 0.742. The fourth-order valence-electron chi connectivity index (χ4n) is 2.12. The molecular formula is C15H20BrN5OS. The molecule has 0 saturated heterocycles. The molecular weight excluding hydrogens is 378 g/mol. The molecule has 0 radical (unpaired) electrons. The van der Waals surface area contributed by atoms with Crippen LogP contribution in [0.1, 0.15) is 37.4 Å². The third-order valence-corrected chi connectivity index (χ3v) is 4.91. The predicted molar refractivity (Wildman–Crippen MR) is 96.9 cm³/mol. The summed E-state index contributed by atoms with van der Waals surface area (Å²) in [5.41, 5.74) is 0. The number of nitrogens with zero attached hydrogens (tertiary/aromatic N) is 3. The Morgan fingerprint density at radius 1 is 1.30 bits per heavy atom. The van der Waals surface area contributed by atoms with Gasteiger partial charge in [0, 0.05) is 17.8 Å². The van der Waals surface area contributed by atoms with Crippen molar-refractivity contribution >= 4 is 45.1 Å². The van der Waals surface area contributed by atoms with E-state index in [4.69, 9.17) is 0 Å². The molecule has 0 spiro atoms. The molecule has 1 unspecified atom stereocenters. The fourth-order valence-corrected chi connectivity index (χ4v) is 3.62. The number of halogens is 1. The zero-order chi connectivity index (χ0) is 16.8. The number of thiophene rings is 1. The van der Waals surface area contributed by atoms with Gasteiger partial charge in [-0.15, -0.1) is 11.3 Å². The van der Waals surface area contributed by atoms with E-state index in [0.29, 0.717) is 11.8 Å². The Kier molecular flexibility index (Phi) is 6.47. The van der Waals surface area contributed by atoms with Gasteiger partial charge < -0.3 is 5.32 Å². The predicted octanol–water partition coefficient (Wildman–Crippen LogP) is 3.79. The van der Waals surface area contributed by atoms with Crippen LogP contribution in [0.4, 0.5) is 11.9 Å². The van der Waals surface area contributed by atoms with Crippen molar-refractivity contribution in [3.05, 3.63) is 26.6 Å². The van der Waals surface area contributed by atoms with Gasteiger partial charge in [0.1, 0.15) is 5.82 Å². The molecule has 23 heavy (non-hydrogen) atoms. The Hall–Kier alpha value is -1.54. The van der Waals surface area contributed by atoms with Crippen LogP contribution in [-0.4, -0.2) is 26.9 Å². The summed E-state index contributed by atoms with van der Waals surface area (Å²) in [5, 5.41) is 5.93. The zero-order valence-corrected chi connectivity index (χ0v) is 15.8. The maximum atomic E-state index is 11.1. The van der Waals surface area contributed by atoms with Gasteiger partial charge in [-0.3, -0.25) is 10.1 Å². The maximum Gasteiger partial charge on any atom is 0.234 e. The lowest BCUT2D eigenvalue weighted by Crippen LogP contribution is -2.22. The van der Waals surface area contributed by atoms with E-state index in [1.165, 1.54) is 11.8 Å².